The van der Waals surface area contributed by atoms with Gasteiger partial charge in [-0.15, -0.1) is 0 Å². The summed E-state index contributed by atoms with van der Waals surface area (Å²) in [6.07, 6.45) is 0.373. The van der Waals surface area contributed by atoms with Crippen LogP contribution in [0.3, 0.4) is 0 Å². The molecule has 0 atom stereocenters. The maximum Gasteiger partial charge on any atom is 0.245 e. The molecule has 0 aliphatic carbocycles. The van der Waals surface area contributed by atoms with Gasteiger partial charge in [0.15, 0.2) is 0 Å². The monoisotopic (exact) mass is 264 g/mol. The van der Waals surface area contributed by atoms with Crippen molar-refractivity contribution < 1.29 is 9.59 Å². The van der Waals surface area contributed by atoms with Crippen LogP contribution < -0.4 is 10.6 Å². The zero-order valence-corrected chi connectivity index (χ0v) is 13.1. The Hall–Kier alpha value is -0.710. The van der Waals surface area contributed by atoms with E-state index in [4.69, 9.17) is 0 Å². The molecule has 0 aliphatic rings. The summed E-state index contributed by atoms with van der Waals surface area (Å²) in [5.41, 5.74) is -0.865. The van der Waals surface area contributed by atoms with E-state index in [1.807, 2.05) is 27.7 Å². The summed E-state index contributed by atoms with van der Waals surface area (Å²) in [7, 11) is 0. The average Bonchev–Trinajstić information content (AvgIpc) is 2.34. The minimum Gasteiger partial charge on any atom is -0.345 e. The third-order valence-corrected chi connectivity index (χ3v) is 1.74. The Kier molecular flexibility index (Phi) is 16.9. The van der Waals surface area contributed by atoms with E-state index >= 15 is 0 Å². The summed E-state index contributed by atoms with van der Waals surface area (Å²) in [5, 5.41) is 5.13. The van der Waals surface area contributed by atoms with Crippen molar-refractivity contribution in [2.45, 2.75) is 60.4 Å². The fraction of sp³-hybridized carbons (Fsp3) is 0.833. The first-order valence-corrected chi connectivity index (χ1v) is 6.77. The Labute approximate surface area is 111 Å². The van der Waals surface area contributed by atoms with Crippen LogP contribution in [0, 0.1) is 0 Å². The first kappa shape index (κ1) is 21.6. The van der Waals surface area contributed by atoms with Gasteiger partial charge in [-0.25, -0.2) is 0 Å². The smallest absolute Gasteiger partial charge is 0.245 e. The fourth-order valence-corrected chi connectivity index (χ4v) is 0.930. The molecule has 0 fully saturated rings. The van der Waals surface area contributed by atoms with Crippen molar-refractivity contribution in [3.8, 4) is 0 Å². The normalized spacial score (nSPS) is 8.94. The molecule has 0 spiro atoms. The van der Waals surface area contributed by atoms with Crippen LogP contribution in [0.15, 0.2) is 0 Å². The zero-order valence-electron chi connectivity index (χ0n) is 12.2. The van der Waals surface area contributed by atoms with Gasteiger partial charge < -0.3 is 10.6 Å². The predicted molar refractivity (Wildman–Crippen MR) is 77.2 cm³/mol. The van der Waals surface area contributed by atoms with Gasteiger partial charge in [-0.3, -0.25) is 9.59 Å². The van der Waals surface area contributed by atoms with Crippen molar-refractivity contribution in [1.29, 1.82) is 0 Å². The maximum absolute atomic E-state index is 11.3. The van der Waals surface area contributed by atoms with Crippen molar-refractivity contribution in [2.24, 2.45) is 0 Å². The highest BCUT2D eigenvalue weighted by molar-refractivity contribution is 7.80. The number of rotatable bonds is 4. The Morgan fingerprint density at radius 1 is 1.12 bits per heavy atom. The Balaban J connectivity index is -0.000000439. The summed E-state index contributed by atoms with van der Waals surface area (Å²) in [5.74, 6) is -0.104. The lowest BCUT2D eigenvalue weighted by Gasteiger charge is -2.24. The van der Waals surface area contributed by atoms with Crippen molar-refractivity contribution in [3.05, 3.63) is 0 Å². The number of carbonyl (C=O) groups excluding carboxylic acids is 2. The van der Waals surface area contributed by atoms with E-state index in [0.29, 0.717) is 6.42 Å². The third-order valence-electron chi connectivity index (χ3n) is 1.58. The van der Waals surface area contributed by atoms with E-state index in [-0.39, 0.29) is 17.7 Å². The van der Waals surface area contributed by atoms with Crippen LogP contribution in [0.2, 0.25) is 0 Å². The van der Waals surface area contributed by atoms with E-state index in [1.54, 1.807) is 20.8 Å². The quantitative estimate of drug-likeness (QED) is 0.539. The van der Waals surface area contributed by atoms with Crippen molar-refractivity contribution >= 4 is 24.4 Å². The molecule has 0 aliphatic heterocycles. The molecule has 0 radical (unpaired) electrons. The van der Waals surface area contributed by atoms with Gasteiger partial charge in [0, 0.05) is 6.42 Å². The van der Waals surface area contributed by atoms with Crippen LogP contribution in [-0.2, 0) is 9.59 Å². The molecule has 0 rings (SSSR count). The molecule has 0 saturated carbocycles. The predicted octanol–water partition coefficient (Wildman–Crippen LogP) is 2.35. The van der Waals surface area contributed by atoms with Crippen LogP contribution in [0.1, 0.15) is 54.9 Å². The van der Waals surface area contributed by atoms with Gasteiger partial charge in [-0.05, 0) is 13.8 Å². The van der Waals surface area contributed by atoms with Crippen molar-refractivity contribution in [1.82, 2.24) is 10.6 Å². The summed E-state index contributed by atoms with van der Waals surface area (Å²) in [4.78, 5) is 22.4. The van der Waals surface area contributed by atoms with E-state index in [0.717, 1.165) is 0 Å². The molecular weight excluding hydrogens is 236 g/mol. The Bertz CT molecular complexity index is 207. The highest BCUT2D eigenvalue weighted by atomic mass is 32.1. The summed E-state index contributed by atoms with van der Waals surface area (Å²) >= 11 is 3.86. The average molecular weight is 264 g/mol. The van der Waals surface area contributed by atoms with Crippen LogP contribution >= 0.6 is 12.6 Å². The standard InChI is InChI=1S/C8H16N2O2S.2C2H6/c1-4-6(11)10-8(2,3)7(12)9-5-13;2*1-2/h13H,4-5H2,1-3H3,(H,9,12)(H,10,11);2*1-2H3. The van der Waals surface area contributed by atoms with E-state index in [9.17, 15) is 9.59 Å². The van der Waals surface area contributed by atoms with Crippen molar-refractivity contribution in [3.63, 3.8) is 0 Å². The van der Waals surface area contributed by atoms with Crippen LogP contribution in [0.25, 0.3) is 0 Å². The van der Waals surface area contributed by atoms with Crippen LogP contribution in [0.4, 0.5) is 0 Å². The van der Waals surface area contributed by atoms with Gasteiger partial charge in [-0.1, -0.05) is 34.6 Å². The van der Waals surface area contributed by atoms with Crippen molar-refractivity contribution in [2.75, 3.05) is 5.88 Å². The molecule has 0 unspecified atom stereocenters. The molecule has 0 aromatic heterocycles. The molecule has 5 heteroatoms. The maximum atomic E-state index is 11.3. The van der Waals surface area contributed by atoms with Gasteiger partial charge in [0.25, 0.3) is 0 Å². The zero-order chi connectivity index (χ0) is 14.5. The third kappa shape index (κ3) is 11.6. The molecule has 2 amide bonds. The minimum atomic E-state index is -0.865. The highest BCUT2D eigenvalue weighted by Gasteiger charge is 2.28. The molecule has 0 heterocycles. The molecule has 0 aromatic carbocycles. The second-order valence-corrected chi connectivity index (χ2v) is 3.51. The van der Waals surface area contributed by atoms with Gasteiger partial charge in [-0.2, -0.15) is 12.6 Å². The molecule has 4 nitrogen and oxygen atoms in total. The SMILES string of the molecule is CC.CC.CCC(=O)NC(C)(C)C(=O)NCS. The molecule has 17 heavy (non-hydrogen) atoms. The largest absolute Gasteiger partial charge is 0.345 e. The molecule has 0 bridgehead atoms. The van der Waals surface area contributed by atoms with Gasteiger partial charge in [0.1, 0.15) is 5.54 Å². The molecular formula is C12H28N2O2S. The Morgan fingerprint density at radius 3 is 1.82 bits per heavy atom. The van der Waals surface area contributed by atoms with Gasteiger partial charge >= 0.3 is 0 Å². The molecule has 104 valence electrons. The number of nitrogens with one attached hydrogen (secondary N) is 2. The fourth-order valence-electron chi connectivity index (χ4n) is 0.786. The lowest BCUT2D eigenvalue weighted by atomic mass is 10.0. The first-order chi connectivity index (χ1) is 7.94. The first-order valence-electron chi connectivity index (χ1n) is 6.14. The number of carbonyl (C=O) groups is 2. The lowest BCUT2D eigenvalue weighted by molar-refractivity contribution is -0.131. The Morgan fingerprint density at radius 2 is 1.53 bits per heavy atom. The summed E-state index contributed by atoms with van der Waals surface area (Å²) < 4.78 is 0. The summed E-state index contributed by atoms with van der Waals surface area (Å²) in [6.45, 7) is 13.0. The van der Waals surface area contributed by atoms with Crippen LogP contribution in [-0.4, -0.2) is 23.2 Å². The summed E-state index contributed by atoms with van der Waals surface area (Å²) in [6, 6.07) is 0. The molecule has 0 aromatic rings. The number of thiol groups is 1. The number of hydrogen-bond acceptors (Lipinski definition) is 3. The van der Waals surface area contributed by atoms with Gasteiger partial charge in [0.2, 0.25) is 11.8 Å². The van der Waals surface area contributed by atoms with E-state index in [1.165, 1.54) is 0 Å². The van der Waals surface area contributed by atoms with E-state index < -0.39 is 5.54 Å². The van der Waals surface area contributed by atoms with Gasteiger partial charge in [0.05, 0.1) is 5.88 Å². The van der Waals surface area contributed by atoms with E-state index in [2.05, 4.69) is 23.3 Å². The lowest BCUT2D eigenvalue weighted by Crippen LogP contribution is -2.54. The number of hydrogen-bond donors (Lipinski definition) is 3. The molecule has 0 saturated heterocycles. The second-order valence-electron chi connectivity index (χ2n) is 3.19. The highest BCUT2D eigenvalue weighted by Crippen LogP contribution is 2.02. The second kappa shape index (κ2) is 13.4. The molecule has 2 N–H and O–H groups in total. The number of amides is 2. The minimum absolute atomic E-state index is 0.140. The topological polar surface area (TPSA) is 58.2 Å². The van der Waals surface area contributed by atoms with Crippen LogP contribution in [0.5, 0.6) is 0 Å².